The number of carbonyl (C=O) groups excluding carboxylic acids is 1. The van der Waals surface area contributed by atoms with Crippen LogP contribution in [0.3, 0.4) is 0 Å². The van der Waals surface area contributed by atoms with Crippen LogP contribution in [0.4, 0.5) is 0 Å². The van der Waals surface area contributed by atoms with Gasteiger partial charge < -0.3 is 16.2 Å². The van der Waals surface area contributed by atoms with Gasteiger partial charge in [-0.25, -0.2) is 8.42 Å². The Morgan fingerprint density at radius 3 is 2.58 bits per heavy atom. The van der Waals surface area contributed by atoms with E-state index in [9.17, 15) is 13.2 Å². The molecule has 170 valence electrons. The Labute approximate surface area is 193 Å². The van der Waals surface area contributed by atoms with E-state index >= 15 is 0 Å². The van der Waals surface area contributed by atoms with Gasteiger partial charge in [0.25, 0.3) is 0 Å². The quantitative estimate of drug-likeness (QED) is 0.389. The molecule has 33 heavy (non-hydrogen) atoms. The molecular weight excluding hydrogens is 438 g/mol. The Hall–Kier alpha value is -3.91. The number of carbonyl (C=O) groups is 1. The summed E-state index contributed by atoms with van der Waals surface area (Å²) in [4.78, 5) is 16.5. The average Bonchev–Trinajstić information content (AvgIpc) is 2.76. The van der Waals surface area contributed by atoms with Crippen LogP contribution in [-0.4, -0.2) is 32.2 Å². The molecule has 4 N–H and O–H groups in total. The number of primary amides is 1. The first-order valence-electron chi connectivity index (χ1n) is 10.0. The van der Waals surface area contributed by atoms with Gasteiger partial charge in [-0.2, -0.15) is 0 Å². The van der Waals surface area contributed by atoms with E-state index in [0.29, 0.717) is 22.4 Å². The van der Waals surface area contributed by atoms with Gasteiger partial charge in [0.1, 0.15) is 12.4 Å². The number of benzene rings is 2. The fraction of sp³-hybridized carbons (Fsp3) is 0.120. The molecule has 3 rings (SSSR count). The second kappa shape index (κ2) is 9.70. The second-order valence-electron chi connectivity index (χ2n) is 7.52. The van der Waals surface area contributed by atoms with E-state index in [4.69, 9.17) is 16.2 Å². The van der Waals surface area contributed by atoms with Crippen molar-refractivity contribution in [1.82, 2.24) is 4.98 Å². The summed E-state index contributed by atoms with van der Waals surface area (Å²) in [5.41, 5.74) is 14.4. The highest BCUT2D eigenvalue weighted by atomic mass is 32.2. The largest absolute Gasteiger partial charge is 0.488 e. The number of nitrogens with zero attached hydrogens (tertiary/aromatic N) is 1. The maximum Gasteiger partial charge on any atom is 0.249 e. The lowest BCUT2D eigenvalue weighted by Gasteiger charge is -2.14. The minimum Gasteiger partial charge on any atom is -0.488 e. The second-order valence-corrected chi connectivity index (χ2v) is 9.50. The molecule has 0 radical (unpaired) electrons. The lowest BCUT2D eigenvalue weighted by molar-refractivity contribution is -0.114. The SMILES string of the molecule is C=C(COc1cc(-c2ccc(S(C)(=O)=O)c(C)c2)cc2ncccc12)/C(=C\C=C/N)C(N)=O. The highest BCUT2D eigenvalue weighted by Gasteiger charge is 2.15. The van der Waals surface area contributed by atoms with Crippen molar-refractivity contribution in [3.63, 3.8) is 0 Å². The van der Waals surface area contributed by atoms with Crippen LogP contribution in [0.15, 0.2) is 89.6 Å². The Balaban J connectivity index is 2.01. The number of hydrogen-bond acceptors (Lipinski definition) is 6. The van der Waals surface area contributed by atoms with Crippen LogP contribution in [0.25, 0.3) is 22.0 Å². The summed E-state index contributed by atoms with van der Waals surface area (Å²) in [5, 5.41) is 0.782. The molecule has 2 aromatic carbocycles. The zero-order valence-electron chi connectivity index (χ0n) is 18.4. The number of ether oxygens (including phenoxy) is 1. The summed E-state index contributed by atoms with van der Waals surface area (Å²) in [5.74, 6) is -0.0943. The van der Waals surface area contributed by atoms with E-state index in [-0.39, 0.29) is 17.1 Å². The van der Waals surface area contributed by atoms with Crippen LogP contribution in [0, 0.1) is 6.92 Å². The molecule has 0 saturated heterocycles. The molecule has 0 aliphatic rings. The third kappa shape index (κ3) is 5.48. The summed E-state index contributed by atoms with van der Waals surface area (Å²) in [6, 6.07) is 12.6. The highest BCUT2D eigenvalue weighted by Crippen LogP contribution is 2.33. The van der Waals surface area contributed by atoms with Gasteiger partial charge in [0, 0.05) is 23.4 Å². The number of aromatic nitrogens is 1. The molecule has 3 aromatic rings. The number of nitrogens with two attached hydrogens (primary N) is 2. The van der Waals surface area contributed by atoms with Crippen LogP contribution in [-0.2, 0) is 14.6 Å². The first-order chi connectivity index (χ1) is 15.6. The van der Waals surface area contributed by atoms with Crippen molar-refractivity contribution in [3.8, 4) is 16.9 Å². The fourth-order valence-corrected chi connectivity index (χ4v) is 4.41. The molecule has 0 spiro atoms. The number of fused-ring (bicyclic) bond motifs is 1. The number of hydrogen-bond donors (Lipinski definition) is 2. The number of rotatable bonds is 8. The van der Waals surface area contributed by atoms with E-state index < -0.39 is 15.7 Å². The standard InChI is InChI=1S/C25H25N3O4S/c1-16-12-18(8-9-24(16)33(3,30)31)19-13-22-21(7-5-11-28-22)23(14-19)32-15-17(2)20(25(27)29)6-4-10-26/h4-14H,2,15,26H2,1,3H3,(H2,27,29)/b10-4-,20-6+. The van der Waals surface area contributed by atoms with E-state index in [1.54, 1.807) is 31.3 Å². The summed E-state index contributed by atoms with van der Waals surface area (Å²) >= 11 is 0. The van der Waals surface area contributed by atoms with Gasteiger partial charge >= 0.3 is 0 Å². The molecule has 0 aliphatic carbocycles. The normalized spacial score (nSPS) is 12.2. The Kier molecular flexibility index (Phi) is 6.98. The van der Waals surface area contributed by atoms with Gasteiger partial charge in [0.2, 0.25) is 5.91 Å². The van der Waals surface area contributed by atoms with Crippen LogP contribution >= 0.6 is 0 Å². The maximum absolute atomic E-state index is 12.0. The maximum atomic E-state index is 12.0. The van der Waals surface area contributed by atoms with Crippen LogP contribution in [0.5, 0.6) is 5.75 Å². The molecule has 0 bridgehead atoms. The van der Waals surface area contributed by atoms with Crippen molar-refractivity contribution >= 4 is 26.6 Å². The third-order valence-electron chi connectivity index (χ3n) is 5.01. The number of sulfone groups is 1. The lowest BCUT2D eigenvalue weighted by atomic mass is 10.0. The van der Waals surface area contributed by atoms with Crippen LogP contribution < -0.4 is 16.2 Å². The van der Waals surface area contributed by atoms with Crippen molar-refractivity contribution in [2.45, 2.75) is 11.8 Å². The fourth-order valence-electron chi connectivity index (χ4n) is 3.45. The van der Waals surface area contributed by atoms with Gasteiger partial charge in [0.05, 0.1) is 10.4 Å². The van der Waals surface area contributed by atoms with E-state index in [2.05, 4.69) is 11.6 Å². The third-order valence-corrected chi connectivity index (χ3v) is 6.27. The molecule has 0 atom stereocenters. The zero-order chi connectivity index (χ0) is 24.2. The molecule has 7 nitrogen and oxygen atoms in total. The summed E-state index contributed by atoms with van der Waals surface area (Å²) in [6.07, 6.45) is 7.13. The molecule has 1 aromatic heterocycles. The van der Waals surface area contributed by atoms with Gasteiger partial charge in [-0.1, -0.05) is 18.7 Å². The minimum absolute atomic E-state index is 0.0205. The number of aryl methyl sites for hydroxylation is 1. The summed E-state index contributed by atoms with van der Waals surface area (Å²) in [6.45, 7) is 5.69. The van der Waals surface area contributed by atoms with E-state index in [1.165, 1.54) is 24.6 Å². The summed E-state index contributed by atoms with van der Waals surface area (Å²) < 4.78 is 29.9. The van der Waals surface area contributed by atoms with Crippen molar-refractivity contribution in [3.05, 3.63) is 90.3 Å². The van der Waals surface area contributed by atoms with Gasteiger partial charge in [0.15, 0.2) is 9.84 Å². The molecule has 0 saturated carbocycles. The Morgan fingerprint density at radius 2 is 1.94 bits per heavy atom. The number of pyridine rings is 1. The van der Waals surface area contributed by atoms with Crippen LogP contribution in [0.2, 0.25) is 0 Å². The first kappa shape index (κ1) is 23.7. The van der Waals surface area contributed by atoms with E-state index in [1.807, 2.05) is 24.3 Å². The minimum atomic E-state index is -3.32. The predicted octanol–water partition coefficient (Wildman–Crippen LogP) is 3.43. The Bertz CT molecular complexity index is 1410. The first-order valence-corrected chi connectivity index (χ1v) is 11.9. The highest BCUT2D eigenvalue weighted by molar-refractivity contribution is 7.90. The number of amides is 1. The zero-order valence-corrected chi connectivity index (χ0v) is 19.2. The molecular formula is C25H25N3O4S. The van der Waals surface area contributed by atoms with E-state index in [0.717, 1.165) is 16.5 Å². The van der Waals surface area contributed by atoms with Crippen molar-refractivity contribution < 1.29 is 17.9 Å². The van der Waals surface area contributed by atoms with Gasteiger partial charge in [-0.05, 0) is 77.9 Å². The average molecular weight is 464 g/mol. The molecule has 0 aliphatic heterocycles. The molecule has 0 fully saturated rings. The van der Waals surface area contributed by atoms with Gasteiger partial charge in [-0.3, -0.25) is 9.78 Å². The lowest BCUT2D eigenvalue weighted by Crippen LogP contribution is -2.18. The van der Waals surface area contributed by atoms with Gasteiger partial charge in [-0.15, -0.1) is 0 Å². The van der Waals surface area contributed by atoms with Crippen molar-refractivity contribution in [1.29, 1.82) is 0 Å². The molecule has 1 amide bonds. The van der Waals surface area contributed by atoms with Crippen LogP contribution in [0.1, 0.15) is 5.56 Å². The topological polar surface area (TPSA) is 125 Å². The predicted molar refractivity (Wildman–Crippen MR) is 130 cm³/mol. The molecule has 0 unspecified atom stereocenters. The smallest absolute Gasteiger partial charge is 0.249 e. The molecule has 8 heteroatoms. The Morgan fingerprint density at radius 1 is 1.18 bits per heavy atom. The summed E-state index contributed by atoms with van der Waals surface area (Å²) in [7, 11) is -3.32. The molecule has 1 heterocycles. The monoisotopic (exact) mass is 463 g/mol. The van der Waals surface area contributed by atoms with Crippen molar-refractivity contribution in [2.24, 2.45) is 11.5 Å². The number of allylic oxidation sites excluding steroid dienone is 2. The van der Waals surface area contributed by atoms with Crippen molar-refractivity contribution in [2.75, 3.05) is 12.9 Å².